The van der Waals surface area contributed by atoms with Gasteiger partial charge in [0.05, 0.1) is 11.4 Å². The van der Waals surface area contributed by atoms with Crippen molar-refractivity contribution in [2.24, 2.45) is 24.6 Å². The Hall–Kier alpha value is -3.01. The van der Waals surface area contributed by atoms with Crippen LogP contribution in [0.3, 0.4) is 0 Å². The highest BCUT2D eigenvalue weighted by atomic mass is 19.2. The van der Waals surface area contributed by atoms with E-state index in [-0.39, 0.29) is 17.7 Å². The van der Waals surface area contributed by atoms with E-state index in [1.54, 1.807) is 41.5 Å². The van der Waals surface area contributed by atoms with Crippen LogP contribution in [0.1, 0.15) is 49.5 Å². The molecule has 36 heavy (non-hydrogen) atoms. The van der Waals surface area contributed by atoms with Gasteiger partial charge in [-0.15, -0.1) is 0 Å². The van der Waals surface area contributed by atoms with Crippen LogP contribution in [-0.2, 0) is 16.6 Å². The number of halogens is 2. The van der Waals surface area contributed by atoms with Gasteiger partial charge in [-0.1, -0.05) is 19.3 Å². The second-order valence-electron chi connectivity index (χ2n) is 10.2. The van der Waals surface area contributed by atoms with Crippen LogP contribution in [0.15, 0.2) is 18.2 Å². The fourth-order valence-electron chi connectivity index (χ4n) is 5.84. The number of hydrogen-bond donors (Lipinski definition) is 2. The molecule has 1 aromatic heterocycles. The van der Waals surface area contributed by atoms with Crippen LogP contribution in [-0.4, -0.2) is 70.9 Å². The third-order valence-electron chi connectivity index (χ3n) is 8.22. The molecule has 0 spiro atoms. The van der Waals surface area contributed by atoms with Crippen molar-refractivity contribution < 1.29 is 23.2 Å². The van der Waals surface area contributed by atoms with E-state index >= 15 is 0 Å². The van der Waals surface area contributed by atoms with Crippen molar-refractivity contribution in [3.63, 3.8) is 0 Å². The smallest absolute Gasteiger partial charge is 0.270 e. The van der Waals surface area contributed by atoms with Crippen LogP contribution < -0.4 is 11.1 Å². The summed E-state index contributed by atoms with van der Waals surface area (Å²) in [6, 6.07) is 3.73. The van der Waals surface area contributed by atoms with E-state index in [2.05, 4.69) is 5.32 Å². The minimum absolute atomic E-state index is 0.0625. The van der Waals surface area contributed by atoms with Gasteiger partial charge in [-0.25, -0.2) is 8.78 Å². The van der Waals surface area contributed by atoms with Crippen LogP contribution in [0, 0.1) is 23.5 Å². The lowest BCUT2D eigenvalue weighted by Gasteiger charge is -2.44. The molecule has 1 saturated heterocycles. The number of amides is 3. The highest BCUT2D eigenvalue weighted by molar-refractivity contribution is 5.99. The molecule has 2 aromatic rings. The van der Waals surface area contributed by atoms with E-state index in [0.29, 0.717) is 42.8 Å². The number of fused-ring (bicyclic) bond motifs is 1. The molecule has 2 fully saturated rings. The molecular weight excluding hydrogens is 468 g/mol. The van der Waals surface area contributed by atoms with E-state index in [1.165, 1.54) is 0 Å². The number of nitrogens with one attached hydrogen (secondary N) is 1. The molecule has 1 aliphatic carbocycles. The van der Waals surface area contributed by atoms with Crippen molar-refractivity contribution in [3.8, 4) is 0 Å². The molecule has 4 rings (SSSR count). The van der Waals surface area contributed by atoms with E-state index in [9.17, 15) is 23.2 Å². The zero-order valence-corrected chi connectivity index (χ0v) is 21.2. The Morgan fingerprint density at radius 1 is 1.00 bits per heavy atom. The van der Waals surface area contributed by atoms with Crippen molar-refractivity contribution in [3.05, 3.63) is 35.5 Å². The number of nitrogens with zero attached hydrogens (tertiary/aromatic N) is 3. The third-order valence-corrected chi connectivity index (χ3v) is 8.22. The highest BCUT2D eigenvalue weighted by Gasteiger charge is 2.49. The zero-order chi connectivity index (χ0) is 26.2. The Kier molecular flexibility index (Phi) is 7.36. The Morgan fingerprint density at radius 2 is 1.58 bits per heavy atom. The summed E-state index contributed by atoms with van der Waals surface area (Å²) in [5.74, 6) is -3.37. The first-order chi connectivity index (χ1) is 17.1. The van der Waals surface area contributed by atoms with Gasteiger partial charge < -0.3 is 25.4 Å². The van der Waals surface area contributed by atoms with Crippen LogP contribution in [0.2, 0.25) is 0 Å². The topological polar surface area (TPSA) is 101 Å². The summed E-state index contributed by atoms with van der Waals surface area (Å²) in [6.07, 6.45) is 4.92. The Morgan fingerprint density at radius 3 is 2.17 bits per heavy atom. The summed E-state index contributed by atoms with van der Waals surface area (Å²) in [6.45, 7) is 3.01. The molecule has 1 saturated carbocycles. The predicted molar refractivity (Wildman–Crippen MR) is 132 cm³/mol. The summed E-state index contributed by atoms with van der Waals surface area (Å²) in [5.41, 5.74) is 5.36. The monoisotopic (exact) mass is 503 g/mol. The molecule has 1 aromatic carbocycles. The molecule has 3 N–H and O–H groups in total. The normalized spacial score (nSPS) is 19.8. The molecule has 1 unspecified atom stereocenters. The van der Waals surface area contributed by atoms with Crippen LogP contribution in [0.5, 0.6) is 0 Å². The van der Waals surface area contributed by atoms with Gasteiger partial charge in [-0.3, -0.25) is 14.4 Å². The first-order valence-electron chi connectivity index (χ1n) is 12.6. The van der Waals surface area contributed by atoms with Crippen molar-refractivity contribution in [2.45, 2.75) is 44.6 Å². The summed E-state index contributed by atoms with van der Waals surface area (Å²) >= 11 is 0. The molecule has 2 atom stereocenters. The number of carbonyl (C=O) groups excluding carboxylic acids is 3. The molecule has 8 nitrogen and oxygen atoms in total. The first-order valence-corrected chi connectivity index (χ1v) is 12.6. The van der Waals surface area contributed by atoms with Crippen LogP contribution in [0.25, 0.3) is 10.9 Å². The molecule has 2 heterocycles. The van der Waals surface area contributed by atoms with Gasteiger partial charge in [-0.05, 0) is 44.9 Å². The molecule has 196 valence electrons. The van der Waals surface area contributed by atoms with E-state index in [0.717, 1.165) is 44.2 Å². The molecular formula is C26H35F2N5O3. The first kappa shape index (κ1) is 26.1. The Balaban J connectivity index is 1.50. The number of hydrogen-bond acceptors (Lipinski definition) is 4. The van der Waals surface area contributed by atoms with Crippen molar-refractivity contribution in [1.82, 2.24) is 19.7 Å². The number of nitrogens with two attached hydrogens (primary N) is 1. The number of benzene rings is 1. The van der Waals surface area contributed by atoms with E-state index in [1.807, 2.05) is 0 Å². The second-order valence-corrected chi connectivity index (χ2v) is 10.2. The number of aryl methyl sites for hydroxylation is 1. The standard InChI is InChI=1S/C26H35F2N5O3/c1-26(30-2,25(29)36)22(16-7-5-4-6-8-16)24(35)33-11-9-32(10-12-33)23(34)21-14-17-13-18(27)19(28)15-20(17)31(21)3/h13-16,22,30H,4-12H2,1-3H3,(H2,29,36)/t22-,26?/m1/s1. The van der Waals surface area contributed by atoms with E-state index < -0.39 is 29.0 Å². The fraction of sp³-hybridized carbons (Fsp3) is 0.577. The molecule has 1 aliphatic heterocycles. The number of likely N-dealkylation sites (N-methyl/N-ethyl adjacent to an activating group) is 1. The Labute approximate surface area is 209 Å². The maximum atomic E-state index is 13.8. The maximum absolute atomic E-state index is 13.8. The maximum Gasteiger partial charge on any atom is 0.270 e. The summed E-state index contributed by atoms with van der Waals surface area (Å²) < 4.78 is 28.9. The number of rotatable bonds is 6. The second kappa shape index (κ2) is 10.2. The largest absolute Gasteiger partial charge is 0.368 e. The summed E-state index contributed by atoms with van der Waals surface area (Å²) in [4.78, 5) is 42.9. The van der Waals surface area contributed by atoms with Crippen LogP contribution >= 0.6 is 0 Å². The van der Waals surface area contributed by atoms with Gasteiger partial charge in [0.25, 0.3) is 5.91 Å². The predicted octanol–water partition coefficient (Wildman–Crippen LogP) is 2.40. The highest BCUT2D eigenvalue weighted by Crippen LogP contribution is 2.37. The summed E-state index contributed by atoms with van der Waals surface area (Å²) in [5, 5.41) is 3.47. The average Bonchev–Trinajstić information content (AvgIpc) is 3.19. The minimum Gasteiger partial charge on any atom is -0.368 e. The van der Waals surface area contributed by atoms with Crippen LogP contribution in [0.4, 0.5) is 8.78 Å². The lowest BCUT2D eigenvalue weighted by atomic mass is 9.69. The number of piperazine rings is 1. The molecule has 0 radical (unpaired) electrons. The quantitative estimate of drug-likeness (QED) is 0.632. The van der Waals surface area contributed by atoms with Gasteiger partial charge in [0.15, 0.2) is 11.6 Å². The minimum atomic E-state index is -1.17. The van der Waals surface area contributed by atoms with Gasteiger partial charge in [0.2, 0.25) is 11.8 Å². The number of carbonyl (C=O) groups is 3. The van der Waals surface area contributed by atoms with E-state index in [4.69, 9.17) is 5.73 Å². The number of primary amides is 1. The van der Waals surface area contributed by atoms with Gasteiger partial charge in [0, 0.05) is 44.7 Å². The van der Waals surface area contributed by atoms with Gasteiger partial charge >= 0.3 is 0 Å². The molecule has 2 aliphatic rings. The molecule has 3 amide bonds. The lowest BCUT2D eigenvalue weighted by Crippen LogP contribution is -2.64. The third kappa shape index (κ3) is 4.58. The molecule has 0 bridgehead atoms. The van der Waals surface area contributed by atoms with Crippen molar-refractivity contribution in [2.75, 3.05) is 33.2 Å². The van der Waals surface area contributed by atoms with Gasteiger partial charge in [0.1, 0.15) is 11.2 Å². The average molecular weight is 504 g/mol. The SMILES string of the molecule is CNC(C)(C(N)=O)[C@@H](C(=O)N1CCN(C(=O)c2cc3cc(F)c(F)cc3n2C)CC1)C1CCCCC1. The van der Waals surface area contributed by atoms with Gasteiger partial charge in [-0.2, -0.15) is 0 Å². The van der Waals surface area contributed by atoms with Crippen molar-refractivity contribution in [1.29, 1.82) is 0 Å². The van der Waals surface area contributed by atoms with Crippen molar-refractivity contribution >= 4 is 28.6 Å². The summed E-state index contributed by atoms with van der Waals surface area (Å²) in [7, 11) is 3.30. The number of aromatic nitrogens is 1. The molecule has 10 heteroatoms. The Bertz CT molecular complexity index is 1170. The lowest BCUT2D eigenvalue weighted by molar-refractivity contribution is -0.147. The zero-order valence-electron chi connectivity index (χ0n) is 21.2. The fourth-order valence-corrected chi connectivity index (χ4v) is 5.84.